The molecular weight excluding hydrogens is 182 g/mol. The molecule has 1 aliphatic heterocycles. The van der Waals surface area contributed by atoms with Crippen LogP contribution in [0.5, 0.6) is 0 Å². The van der Waals surface area contributed by atoms with Crippen molar-refractivity contribution in [1.29, 1.82) is 5.41 Å². The second kappa shape index (κ2) is 3.87. The summed E-state index contributed by atoms with van der Waals surface area (Å²) in [4.78, 5) is 7.13. The van der Waals surface area contributed by atoms with Gasteiger partial charge in [0.15, 0.2) is 0 Å². The number of hydrogen-bond acceptors (Lipinski definition) is 3. The second-order valence-corrected chi connectivity index (χ2v) is 4.15. The van der Waals surface area contributed by atoms with Crippen LogP contribution in [-0.4, -0.2) is 28.8 Å². The Labute approximate surface area is 81.9 Å². The fourth-order valence-electron chi connectivity index (χ4n) is 1.61. The molecule has 1 aromatic rings. The minimum atomic E-state index is 0.655. The van der Waals surface area contributed by atoms with E-state index in [4.69, 9.17) is 5.41 Å². The summed E-state index contributed by atoms with van der Waals surface area (Å²) in [6.45, 7) is 2.08. The molecule has 1 aliphatic rings. The van der Waals surface area contributed by atoms with Gasteiger partial charge < -0.3 is 4.90 Å². The summed E-state index contributed by atoms with van der Waals surface area (Å²) in [7, 11) is 0. The lowest BCUT2D eigenvalue weighted by atomic mass is 10.1. The first-order valence-corrected chi connectivity index (χ1v) is 5.48. The van der Waals surface area contributed by atoms with Crippen LogP contribution in [0.1, 0.15) is 24.1 Å². The number of hydrogen-bond donors (Lipinski definition) is 1. The van der Waals surface area contributed by atoms with Crippen molar-refractivity contribution in [3.8, 4) is 0 Å². The second-order valence-electron chi connectivity index (χ2n) is 3.26. The molecule has 13 heavy (non-hydrogen) atoms. The number of amidine groups is 1. The molecule has 1 N–H and O–H groups in total. The highest BCUT2D eigenvalue weighted by Gasteiger charge is 2.15. The highest BCUT2D eigenvalue weighted by Crippen LogP contribution is 2.14. The Morgan fingerprint density at radius 3 is 2.77 bits per heavy atom. The van der Waals surface area contributed by atoms with Crippen molar-refractivity contribution >= 4 is 17.2 Å². The van der Waals surface area contributed by atoms with E-state index < -0.39 is 0 Å². The average Bonchev–Trinajstić information content (AvgIpc) is 2.71. The average molecular weight is 195 g/mol. The van der Waals surface area contributed by atoms with E-state index in [9.17, 15) is 0 Å². The number of aromatic nitrogens is 1. The van der Waals surface area contributed by atoms with Gasteiger partial charge in [-0.2, -0.15) is 0 Å². The summed E-state index contributed by atoms with van der Waals surface area (Å²) in [5.41, 5.74) is 1.79. The number of piperidine rings is 1. The summed E-state index contributed by atoms with van der Waals surface area (Å²) in [5, 5.41) is 7.94. The fourth-order valence-corrected chi connectivity index (χ4v) is 2.20. The molecule has 0 unspecified atom stereocenters. The molecule has 0 atom stereocenters. The largest absolute Gasteiger partial charge is 0.356 e. The quantitative estimate of drug-likeness (QED) is 0.549. The first-order chi connectivity index (χ1) is 6.38. The van der Waals surface area contributed by atoms with Crippen LogP contribution in [0.2, 0.25) is 0 Å². The molecule has 0 saturated carbocycles. The zero-order valence-corrected chi connectivity index (χ0v) is 8.31. The van der Waals surface area contributed by atoms with Crippen LogP contribution in [0.3, 0.4) is 0 Å². The van der Waals surface area contributed by atoms with Crippen molar-refractivity contribution in [2.45, 2.75) is 19.3 Å². The smallest absolute Gasteiger partial charge is 0.139 e. The minimum absolute atomic E-state index is 0.655. The molecule has 3 nitrogen and oxygen atoms in total. The van der Waals surface area contributed by atoms with E-state index in [-0.39, 0.29) is 0 Å². The Morgan fingerprint density at radius 2 is 2.15 bits per heavy atom. The van der Waals surface area contributed by atoms with Gasteiger partial charge in [0, 0.05) is 19.3 Å². The minimum Gasteiger partial charge on any atom is -0.356 e. The molecule has 0 spiro atoms. The molecule has 0 radical (unpaired) electrons. The monoisotopic (exact) mass is 195 g/mol. The lowest BCUT2D eigenvalue weighted by Crippen LogP contribution is -2.35. The Bertz CT molecular complexity index is 275. The summed E-state index contributed by atoms with van der Waals surface area (Å²) < 4.78 is 0. The maximum atomic E-state index is 7.94. The van der Waals surface area contributed by atoms with Gasteiger partial charge >= 0.3 is 0 Å². The molecule has 70 valence electrons. The van der Waals surface area contributed by atoms with E-state index in [2.05, 4.69) is 9.88 Å². The lowest BCUT2D eigenvalue weighted by molar-refractivity contribution is 0.341. The maximum Gasteiger partial charge on any atom is 0.139 e. The van der Waals surface area contributed by atoms with Gasteiger partial charge in [-0.25, -0.2) is 0 Å². The van der Waals surface area contributed by atoms with Crippen LogP contribution < -0.4 is 0 Å². The van der Waals surface area contributed by atoms with Gasteiger partial charge in [-0.15, -0.1) is 11.3 Å². The molecular formula is C9H13N3S. The molecule has 0 aliphatic carbocycles. The molecule has 0 amide bonds. The van der Waals surface area contributed by atoms with Gasteiger partial charge in [0.1, 0.15) is 5.84 Å². The number of nitrogens with zero attached hydrogens (tertiary/aromatic N) is 2. The first kappa shape index (κ1) is 8.69. The van der Waals surface area contributed by atoms with Crippen LogP contribution in [0.15, 0.2) is 11.7 Å². The number of nitrogens with one attached hydrogen (secondary N) is 1. The van der Waals surface area contributed by atoms with Crippen LogP contribution >= 0.6 is 11.3 Å². The fraction of sp³-hybridized carbons (Fsp3) is 0.556. The highest BCUT2D eigenvalue weighted by atomic mass is 32.1. The third-order valence-corrected chi connectivity index (χ3v) is 3.12. The van der Waals surface area contributed by atoms with Crippen molar-refractivity contribution in [2.75, 3.05) is 13.1 Å². The van der Waals surface area contributed by atoms with Crippen molar-refractivity contribution < 1.29 is 0 Å². The Hall–Kier alpha value is -0.900. The highest BCUT2D eigenvalue weighted by molar-refractivity contribution is 7.11. The zero-order valence-electron chi connectivity index (χ0n) is 7.49. The third-order valence-electron chi connectivity index (χ3n) is 2.34. The molecule has 2 rings (SSSR count). The van der Waals surface area contributed by atoms with Gasteiger partial charge in [0.2, 0.25) is 0 Å². The molecule has 2 heterocycles. The number of likely N-dealkylation sites (tertiary alicyclic amines) is 1. The van der Waals surface area contributed by atoms with Crippen LogP contribution in [-0.2, 0) is 0 Å². The Balaban J connectivity index is 2.04. The summed E-state index contributed by atoms with van der Waals surface area (Å²) in [6.07, 6.45) is 5.54. The van der Waals surface area contributed by atoms with E-state index in [1.807, 2.05) is 0 Å². The maximum absolute atomic E-state index is 7.94. The van der Waals surface area contributed by atoms with E-state index in [1.54, 1.807) is 23.0 Å². The van der Waals surface area contributed by atoms with Crippen molar-refractivity contribution in [2.24, 2.45) is 0 Å². The van der Waals surface area contributed by atoms with Crippen LogP contribution in [0, 0.1) is 5.41 Å². The predicted molar refractivity (Wildman–Crippen MR) is 54.4 cm³/mol. The normalized spacial score (nSPS) is 17.4. The third kappa shape index (κ3) is 1.88. The van der Waals surface area contributed by atoms with E-state index in [0.29, 0.717) is 5.84 Å². The molecule has 0 aromatic carbocycles. The van der Waals surface area contributed by atoms with Crippen molar-refractivity contribution in [3.63, 3.8) is 0 Å². The van der Waals surface area contributed by atoms with Gasteiger partial charge in [-0.05, 0) is 19.3 Å². The van der Waals surface area contributed by atoms with Crippen LogP contribution in [0.4, 0.5) is 0 Å². The number of rotatable bonds is 1. The summed E-state index contributed by atoms with van der Waals surface area (Å²) in [6, 6.07) is 0. The first-order valence-electron chi connectivity index (χ1n) is 4.60. The topological polar surface area (TPSA) is 40.0 Å². The molecule has 1 aromatic heterocycles. The summed E-state index contributed by atoms with van der Waals surface area (Å²) in [5.74, 6) is 0.655. The van der Waals surface area contributed by atoms with Gasteiger partial charge in [-0.3, -0.25) is 10.4 Å². The molecule has 0 bridgehead atoms. The molecule has 4 heteroatoms. The van der Waals surface area contributed by atoms with Crippen molar-refractivity contribution in [3.05, 3.63) is 16.6 Å². The molecule has 1 fully saturated rings. The van der Waals surface area contributed by atoms with Crippen LogP contribution in [0.25, 0.3) is 0 Å². The SMILES string of the molecule is N=C(c1cncs1)N1CCCCC1. The predicted octanol–water partition coefficient (Wildman–Crippen LogP) is 1.95. The summed E-state index contributed by atoms with van der Waals surface area (Å²) >= 11 is 1.55. The lowest BCUT2D eigenvalue weighted by Gasteiger charge is -2.28. The standard InChI is InChI=1S/C9H13N3S/c10-9(8-6-11-7-13-8)12-4-2-1-3-5-12/h6-7,10H,1-5H2. The van der Waals surface area contributed by atoms with E-state index in [0.717, 1.165) is 18.0 Å². The van der Waals surface area contributed by atoms with Crippen molar-refractivity contribution in [1.82, 2.24) is 9.88 Å². The Morgan fingerprint density at radius 1 is 1.38 bits per heavy atom. The van der Waals surface area contributed by atoms with E-state index in [1.165, 1.54) is 19.3 Å². The Kier molecular flexibility index (Phi) is 2.59. The molecule has 1 saturated heterocycles. The zero-order chi connectivity index (χ0) is 9.10. The van der Waals surface area contributed by atoms with Gasteiger partial charge in [0.25, 0.3) is 0 Å². The number of thiazole rings is 1. The van der Waals surface area contributed by atoms with E-state index >= 15 is 0 Å². The van der Waals surface area contributed by atoms with Gasteiger partial charge in [0.05, 0.1) is 10.4 Å². The van der Waals surface area contributed by atoms with Gasteiger partial charge in [-0.1, -0.05) is 0 Å².